The second kappa shape index (κ2) is 12.9. The Labute approximate surface area is 217 Å². The van der Waals surface area contributed by atoms with Crippen molar-refractivity contribution in [2.45, 2.75) is 26.1 Å². The van der Waals surface area contributed by atoms with Crippen molar-refractivity contribution in [3.63, 3.8) is 0 Å². The molecule has 0 radical (unpaired) electrons. The van der Waals surface area contributed by atoms with E-state index in [1.165, 1.54) is 0 Å². The Morgan fingerprint density at radius 1 is 1.05 bits per heavy atom. The second-order valence-electron chi connectivity index (χ2n) is 8.60. The average Bonchev–Trinajstić information content (AvgIpc) is 3.53. The van der Waals surface area contributed by atoms with E-state index in [1.54, 1.807) is 24.1 Å². The highest BCUT2D eigenvalue weighted by molar-refractivity contribution is 5.47. The summed E-state index contributed by atoms with van der Waals surface area (Å²) in [5, 5.41) is 15.5. The predicted octanol–water partition coefficient (Wildman–Crippen LogP) is 5.14. The van der Waals surface area contributed by atoms with Gasteiger partial charge in [-0.2, -0.15) is 5.10 Å². The molecule has 0 saturated carbocycles. The molecule has 8 heteroatoms. The van der Waals surface area contributed by atoms with E-state index in [0.29, 0.717) is 43.6 Å². The van der Waals surface area contributed by atoms with Gasteiger partial charge in [0.1, 0.15) is 5.76 Å². The lowest BCUT2D eigenvalue weighted by atomic mass is 10.2. The van der Waals surface area contributed by atoms with Crippen LogP contribution in [0, 0.1) is 6.92 Å². The van der Waals surface area contributed by atoms with Crippen LogP contribution in [0.2, 0.25) is 0 Å². The number of hydrogen-bond donors (Lipinski definition) is 1. The number of methoxy groups -OCH3 is 1. The molecule has 4 aromatic rings. The van der Waals surface area contributed by atoms with Crippen molar-refractivity contribution < 1.29 is 23.7 Å². The van der Waals surface area contributed by atoms with Gasteiger partial charge in [-0.25, -0.2) is 4.68 Å². The number of ether oxygens (including phenoxy) is 3. The second-order valence-corrected chi connectivity index (χ2v) is 8.60. The maximum atomic E-state index is 10.7. The Bertz CT molecular complexity index is 1250. The van der Waals surface area contributed by atoms with Crippen molar-refractivity contribution >= 4 is 0 Å². The molecule has 0 fully saturated rings. The molecule has 194 valence electrons. The molecule has 37 heavy (non-hydrogen) atoms. The number of hydrogen-bond acceptors (Lipinski definition) is 7. The molecule has 0 bridgehead atoms. The van der Waals surface area contributed by atoms with Crippen molar-refractivity contribution in [1.29, 1.82) is 0 Å². The zero-order chi connectivity index (χ0) is 26.0. The number of rotatable bonds is 14. The van der Waals surface area contributed by atoms with Gasteiger partial charge in [0.15, 0.2) is 11.5 Å². The van der Waals surface area contributed by atoms with Crippen LogP contribution in [0.1, 0.15) is 17.0 Å². The van der Waals surface area contributed by atoms with Gasteiger partial charge in [-0.05, 0) is 43.3 Å². The van der Waals surface area contributed by atoms with Crippen LogP contribution in [-0.2, 0) is 17.8 Å². The molecule has 2 aromatic heterocycles. The Morgan fingerprint density at radius 2 is 1.81 bits per heavy atom. The third-order valence-corrected chi connectivity index (χ3v) is 5.77. The molecule has 4 rings (SSSR count). The molecule has 0 aliphatic heterocycles. The van der Waals surface area contributed by atoms with Crippen LogP contribution in [-0.4, -0.2) is 52.8 Å². The molecule has 1 N–H and O–H groups in total. The minimum atomic E-state index is -0.696. The fourth-order valence-corrected chi connectivity index (χ4v) is 4.05. The van der Waals surface area contributed by atoms with Crippen molar-refractivity contribution in [2.75, 3.05) is 26.9 Å². The third kappa shape index (κ3) is 6.89. The van der Waals surface area contributed by atoms with Crippen LogP contribution < -0.4 is 9.47 Å². The van der Waals surface area contributed by atoms with Crippen LogP contribution >= 0.6 is 0 Å². The van der Waals surface area contributed by atoms with Crippen LogP contribution in [0.25, 0.3) is 5.69 Å². The van der Waals surface area contributed by atoms with Gasteiger partial charge in [-0.3, -0.25) is 4.90 Å². The van der Waals surface area contributed by atoms with Gasteiger partial charge in [0.2, 0.25) is 5.88 Å². The van der Waals surface area contributed by atoms with E-state index in [9.17, 15) is 5.11 Å². The largest absolute Gasteiger partial charge is 0.493 e. The van der Waals surface area contributed by atoms with Crippen molar-refractivity contribution in [3.05, 3.63) is 103 Å². The lowest BCUT2D eigenvalue weighted by molar-refractivity contribution is 0.0214. The molecule has 0 aliphatic rings. The maximum absolute atomic E-state index is 10.7. The summed E-state index contributed by atoms with van der Waals surface area (Å²) in [6.45, 7) is 7.52. The number of aromatic nitrogens is 2. The summed E-state index contributed by atoms with van der Waals surface area (Å²) in [5.74, 6) is 2.57. The third-order valence-electron chi connectivity index (χ3n) is 5.77. The number of aliphatic hydroxyl groups excluding tert-OH is 1. The molecular formula is C29H33N3O5. The number of benzene rings is 2. The van der Waals surface area contributed by atoms with E-state index in [1.807, 2.05) is 73.7 Å². The molecule has 0 amide bonds. The number of aliphatic hydroxyl groups is 1. The summed E-state index contributed by atoms with van der Waals surface area (Å²) in [6.07, 6.45) is 2.61. The minimum Gasteiger partial charge on any atom is -0.493 e. The quantitative estimate of drug-likeness (QED) is 0.188. The van der Waals surface area contributed by atoms with E-state index in [-0.39, 0.29) is 6.61 Å². The predicted molar refractivity (Wildman–Crippen MR) is 141 cm³/mol. The first-order valence-corrected chi connectivity index (χ1v) is 12.1. The first-order chi connectivity index (χ1) is 18.1. The summed E-state index contributed by atoms with van der Waals surface area (Å²) < 4.78 is 24.9. The minimum absolute atomic E-state index is 0.202. The highest BCUT2D eigenvalue weighted by atomic mass is 16.5. The fraction of sp³-hybridized carbons (Fsp3) is 0.276. The first kappa shape index (κ1) is 26.2. The van der Waals surface area contributed by atoms with E-state index in [0.717, 1.165) is 22.7 Å². The van der Waals surface area contributed by atoms with E-state index in [2.05, 4.69) is 11.5 Å². The van der Waals surface area contributed by atoms with Gasteiger partial charge < -0.3 is 23.7 Å². The van der Waals surface area contributed by atoms with E-state index in [4.69, 9.17) is 23.7 Å². The SMILES string of the molecule is C=CCOC[C@H](O)CN(Cc1ccco1)Cc1c(C)nn(-c2ccccc2)c1Oc1ccccc1OC. The van der Waals surface area contributed by atoms with Gasteiger partial charge in [0.25, 0.3) is 0 Å². The highest BCUT2D eigenvalue weighted by Gasteiger charge is 2.24. The van der Waals surface area contributed by atoms with Gasteiger partial charge >= 0.3 is 0 Å². The summed E-state index contributed by atoms with van der Waals surface area (Å²) in [5.41, 5.74) is 2.58. The zero-order valence-electron chi connectivity index (χ0n) is 21.2. The first-order valence-electron chi connectivity index (χ1n) is 12.1. The molecule has 1 atom stereocenters. The molecule has 2 aromatic carbocycles. The standard InChI is InChI=1S/C29H33N3O5/c1-4-16-35-21-24(33)18-31(19-25-13-10-17-36-25)20-26-22(2)30-32(23-11-6-5-7-12-23)29(26)37-28-15-9-8-14-27(28)34-3/h4-15,17,24,33H,1,16,18-21H2,2-3H3/t24-/m1/s1. The molecule has 8 nitrogen and oxygen atoms in total. The Morgan fingerprint density at radius 3 is 2.51 bits per heavy atom. The van der Waals surface area contributed by atoms with Crippen molar-refractivity contribution in [1.82, 2.24) is 14.7 Å². The number of para-hydroxylation sites is 3. The zero-order valence-corrected chi connectivity index (χ0v) is 21.2. The monoisotopic (exact) mass is 503 g/mol. The lowest BCUT2D eigenvalue weighted by Gasteiger charge is -2.24. The van der Waals surface area contributed by atoms with E-state index >= 15 is 0 Å². The van der Waals surface area contributed by atoms with Crippen LogP contribution in [0.4, 0.5) is 0 Å². The van der Waals surface area contributed by atoms with Gasteiger partial charge in [-0.1, -0.05) is 36.4 Å². The summed E-state index contributed by atoms with van der Waals surface area (Å²) in [4.78, 5) is 2.09. The maximum Gasteiger partial charge on any atom is 0.227 e. The van der Waals surface area contributed by atoms with Crippen LogP contribution in [0.15, 0.2) is 90.1 Å². The number of furan rings is 1. The van der Waals surface area contributed by atoms with Crippen LogP contribution in [0.3, 0.4) is 0 Å². The number of nitrogens with zero attached hydrogens (tertiary/aromatic N) is 3. The molecule has 0 unspecified atom stereocenters. The molecular weight excluding hydrogens is 470 g/mol. The summed E-state index contributed by atoms with van der Waals surface area (Å²) in [6, 6.07) is 21.1. The van der Waals surface area contributed by atoms with Gasteiger partial charge in [0.05, 0.1) is 56.2 Å². The molecule has 0 saturated heterocycles. The normalized spacial score (nSPS) is 12.0. The Balaban J connectivity index is 1.69. The Hall–Kier alpha value is -3.85. The van der Waals surface area contributed by atoms with Crippen molar-refractivity contribution in [2.24, 2.45) is 0 Å². The van der Waals surface area contributed by atoms with Gasteiger partial charge in [0, 0.05) is 13.1 Å². The lowest BCUT2D eigenvalue weighted by Crippen LogP contribution is -2.34. The summed E-state index contributed by atoms with van der Waals surface area (Å²) >= 11 is 0. The van der Waals surface area contributed by atoms with Crippen molar-refractivity contribution in [3.8, 4) is 23.1 Å². The van der Waals surface area contributed by atoms with Crippen LogP contribution in [0.5, 0.6) is 17.4 Å². The van der Waals surface area contributed by atoms with Gasteiger partial charge in [-0.15, -0.1) is 6.58 Å². The number of aryl methyl sites for hydroxylation is 1. The van der Waals surface area contributed by atoms with E-state index < -0.39 is 6.10 Å². The topological polar surface area (TPSA) is 82.1 Å². The molecule has 0 aliphatic carbocycles. The molecule has 0 spiro atoms. The molecule has 2 heterocycles. The smallest absolute Gasteiger partial charge is 0.227 e. The summed E-state index contributed by atoms with van der Waals surface area (Å²) in [7, 11) is 1.61. The Kier molecular flexibility index (Phi) is 9.15. The fourth-order valence-electron chi connectivity index (χ4n) is 4.05. The average molecular weight is 504 g/mol. The highest BCUT2D eigenvalue weighted by Crippen LogP contribution is 2.36.